The molecule has 0 aliphatic heterocycles. The van der Waals surface area contributed by atoms with Crippen LogP contribution in [0.2, 0.25) is 0 Å². The molecule has 26 heavy (non-hydrogen) atoms. The third kappa shape index (κ3) is 4.51. The van der Waals surface area contributed by atoms with E-state index in [9.17, 15) is 4.79 Å². The first-order valence-corrected chi connectivity index (χ1v) is 8.59. The smallest absolute Gasteiger partial charge is 0.349 e. The molecule has 132 valence electrons. The average Bonchev–Trinajstić information content (AvgIpc) is 2.64. The molecule has 0 aromatic heterocycles. The van der Waals surface area contributed by atoms with Crippen molar-refractivity contribution < 1.29 is 14.3 Å². The summed E-state index contributed by atoms with van der Waals surface area (Å²) in [6, 6.07) is 21.6. The van der Waals surface area contributed by atoms with E-state index >= 15 is 0 Å². The Balaban J connectivity index is 1.56. The van der Waals surface area contributed by atoms with Crippen LogP contribution >= 0.6 is 0 Å². The van der Waals surface area contributed by atoms with Gasteiger partial charge in [0.25, 0.3) is 0 Å². The molecule has 3 aromatic rings. The third-order valence-electron chi connectivity index (χ3n) is 4.31. The first-order valence-electron chi connectivity index (χ1n) is 8.59. The van der Waals surface area contributed by atoms with E-state index in [1.165, 1.54) is 5.56 Å². The first-order chi connectivity index (χ1) is 12.5. The minimum absolute atomic E-state index is 0.128. The molecule has 0 aliphatic carbocycles. The second-order valence-electron chi connectivity index (χ2n) is 6.40. The van der Waals surface area contributed by atoms with Gasteiger partial charge in [0.2, 0.25) is 0 Å². The summed E-state index contributed by atoms with van der Waals surface area (Å²) in [5, 5.41) is 0. The Morgan fingerprint density at radius 3 is 1.92 bits per heavy atom. The van der Waals surface area contributed by atoms with E-state index in [0.717, 1.165) is 22.3 Å². The van der Waals surface area contributed by atoms with Gasteiger partial charge in [-0.3, -0.25) is 0 Å². The number of aryl methyl sites for hydroxylation is 3. The van der Waals surface area contributed by atoms with E-state index in [1.807, 2.05) is 50.2 Å². The molecule has 0 bridgehead atoms. The first kappa shape index (κ1) is 17.7. The SMILES string of the molecule is Cc1ccc(-c2ccc(OCC(=O)Oc3ccc(C)c(C)c3)cc2)cc1. The van der Waals surface area contributed by atoms with Gasteiger partial charge in [-0.15, -0.1) is 0 Å². The molecule has 0 N–H and O–H groups in total. The predicted octanol–water partition coefficient (Wildman–Crippen LogP) is 5.26. The van der Waals surface area contributed by atoms with Crippen molar-refractivity contribution >= 4 is 5.97 Å². The van der Waals surface area contributed by atoms with Crippen molar-refractivity contribution in [2.75, 3.05) is 6.61 Å². The predicted molar refractivity (Wildman–Crippen MR) is 104 cm³/mol. The third-order valence-corrected chi connectivity index (χ3v) is 4.31. The van der Waals surface area contributed by atoms with Crippen LogP contribution in [0.25, 0.3) is 11.1 Å². The fraction of sp³-hybridized carbons (Fsp3) is 0.174. The van der Waals surface area contributed by atoms with Crippen molar-refractivity contribution in [3.8, 4) is 22.6 Å². The Bertz CT molecular complexity index is 894. The van der Waals surface area contributed by atoms with E-state index in [4.69, 9.17) is 9.47 Å². The number of carbonyl (C=O) groups excluding carboxylic acids is 1. The van der Waals surface area contributed by atoms with E-state index in [0.29, 0.717) is 11.5 Å². The van der Waals surface area contributed by atoms with Gasteiger partial charge in [0.05, 0.1) is 0 Å². The van der Waals surface area contributed by atoms with Crippen molar-refractivity contribution in [2.45, 2.75) is 20.8 Å². The normalized spacial score (nSPS) is 10.4. The fourth-order valence-electron chi connectivity index (χ4n) is 2.57. The molecular weight excluding hydrogens is 324 g/mol. The summed E-state index contributed by atoms with van der Waals surface area (Å²) in [5.74, 6) is 0.755. The molecule has 3 rings (SSSR count). The standard InChI is InChI=1S/C23H22O3/c1-16-4-7-19(8-5-16)20-9-12-21(13-10-20)25-15-23(24)26-22-11-6-17(2)18(3)14-22/h4-14H,15H2,1-3H3. The molecule has 0 aliphatic rings. The molecule has 0 amide bonds. The molecule has 3 nitrogen and oxygen atoms in total. The monoisotopic (exact) mass is 346 g/mol. The molecule has 0 heterocycles. The van der Waals surface area contributed by atoms with Gasteiger partial charge >= 0.3 is 5.97 Å². The van der Waals surface area contributed by atoms with Gasteiger partial charge in [-0.2, -0.15) is 0 Å². The van der Waals surface area contributed by atoms with E-state index in [-0.39, 0.29) is 6.61 Å². The Hall–Kier alpha value is -3.07. The number of hydrogen-bond donors (Lipinski definition) is 0. The Morgan fingerprint density at radius 1 is 0.731 bits per heavy atom. The summed E-state index contributed by atoms with van der Waals surface area (Å²) in [7, 11) is 0. The lowest BCUT2D eigenvalue weighted by atomic mass is 10.0. The molecule has 0 atom stereocenters. The highest BCUT2D eigenvalue weighted by Gasteiger charge is 2.07. The lowest BCUT2D eigenvalue weighted by molar-refractivity contribution is -0.136. The van der Waals surface area contributed by atoms with E-state index in [1.54, 1.807) is 6.07 Å². The molecule has 0 spiro atoms. The number of hydrogen-bond acceptors (Lipinski definition) is 3. The van der Waals surface area contributed by atoms with Gasteiger partial charge in [-0.1, -0.05) is 48.0 Å². The van der Waals surface area contributed by atoms with Gasteiger partial charge in [-0.05, 0) is 67.3 Å². The summed E-state index contributed by atoms with van der Waals surface area (Å²) >= 11 is 0. The van der Waals surface area contributed by atoms with Crippen LogP contribution in [0.1, 0.15) is 16.7 Å². The average molecular weight is 346 g/mol. The van der Waals surface area contributed by atoms with Gasteiger partial charge in [0.1, 0.15) is 11.5 Å². The van der Waals surface area contributed by atoms with Crippen LogP contribution in [0.3, 0.4) is 0 Å². The van der Waals surface area contributed by atoms with Crippen LogP contribution in [0, 0.1) is 20.8 Å². The van der Waals surface area contributed by atoms with Crippen molar-refractivity contribution in [3.05, 3.63) is 83.4 Å². The molecule has 0 fully saturated rings. The number of benzene rings is 3. The largest absolute Gasteiger partial charge is 0.482 e. The van der Waals surface area contributed by atoms with Crippen molar-refractivity contribution in [3.63, 3.8) is 0 Å². The molecule has 3 aromatic carbocycles. The van der Waals surface area contributed by atoms with Gasteiger partial charge in [0, 0.05) is 0 Å². The maximum absolute atomic E-state index is 12.0. The van der Waals surface area contributed by atoms with Crippen molar-refractivity contribution in [1.82, 2.24) is 0 Å². The molecule has 0 radical (unpaired) electrons. The minimum Gasteiger partial charge on any atom is -0.482 e. The van der Waals surface area contributed by atoms with Crippen LogP contribution in [0.5, 0.6) is 11.5 Å². The van der Waals surface area contributed by atoms with Gasteiger partial charge < -0.3 is 9.47 Å². The van der Waals surface area contributed by atoms with Crippen LogP contribution < -0.4 is 9.47 Å². The highest BCUT2D eigenvalue weighted by Crippen LogP contribution is 2.23. The van der Waals surface area contributed by atoms with E-state index < -0.39 is 5.97 Å². The van der Waals surface area contributed by atoms with E-state index in [2.05, 4.69) is 31.2 Å². The zero-order valence-corrected chi connectivity index (χ0v) is 15.3. The highest BCUT2D eigenvalue weighted by molar-refractivity contribution is 5.74. The Labute approximate surface area is 154 Å². The minimum atomic E-state index is -0.420. The fourth-order valence-corrected chi connectivity index (χ4v) is 2.57. The zero-order chi connectivity index (χ0) is 18.5. The summed E-state index contributed by atoms with van der Waals surface area (Å²) in [4.78, 5) is 12.0. The summed E-state index contributed by atoms with van der Waals surface area (Å²) in [6.45, 7) is 5.94. The second-order valence-corrected chi connectivity index (χ2v) is 6.40. The second kappa shape index (κ2) is 7.87. The lowest BCUT2D eigenvalue weighted by Crippen LogP contribution is -2.17. The molecule has 0 saturated heterocycles. The quantitative estimate of drug-likeness (QED) is 0.467. The maximum atomic E-state index is 12.0. The molecule has 0 saturated carbocycles. The van der Waals surface area contributed by atoms with Crippen LogP contribution in [-0.4, -0.2) is 12.6 Å². The van der Waals surface area contributed by atoms with Crippen molar-refractivity contribution in [2.24, 2.45) is 0 Å². The Morgan fingerprint density at radius 2 is 1.31 bits per heavy atom. The summed E-state index contributed by atoms with van der Waals surface area (Å²) in [5.41, 5.74) is 5.74. The molecule has 3 heteroatoms. The number of ether oxygens (including phenoxy) is 2. The van der Waals surface area contributed by atoms with Crippen molar-refractivity contribution in [1.29, 1.82) is 0 Å². The highest BCUT2D eigenvalue weighted by atomic mass is 16.6. The number of carbonyl (C=O) groups is 1. The van der Waals surface area contributed by atoms with Crippen LogP contribution in [0.15, 0.2) is 66.7 Å². The van der Waals surface area contributed by atoms with Crippen LogP contribution in [-0.2, 0) is 4.79 Å². The van der Waals surface area contributed by atoms with Crippen LogP contribution in [0.4, 0.5) is 0 Å². The summed E-state index contributed by atoms with van der Waals surface area (Å²) in [6.07, 6.45) is 0. The van der Waals surface area contributed by atoms with Gasteiger partial charge in [-0.25, -0.2) is 4.79 Å². The molecular formula is C23H22O3. The topological polar surface area (TPSA) is 35.5 Å². The lowest BCUT2D eigenvalue weighted by Gasteiger charge is -2.09. The maximum Gasteiger partial charge on any atom is 0.349 e. The number of esters is 1. The van der Waals surface area contributed by atoms with Gasteiger partial charge in [0.15, 0.2) is 6.61 Å². The zero-order valence-electron chi connectivity index (χ0n) is 15.3. The Kier molecular flexibility index (Phi) is 5.37. The molecule has 0 unspecified atom stereocenters. The number of rotatable bonds is 5. The summed E-state index contributed by atoms with van der Waals surface area (Å²) < 4.78 is 10.8.